The molecule has 3 nitrogen and oxygen atoms in total. The number of likely N-dealkylation sites (N-methyl/N-ethyl adjacent to an activating group) is 1. The van der Waals surface area contributed by atoms with E-state index in [1.807, 2.05) is 25.7 Å². The summed E-state index contributed by atoms with van der Waals surface area (Å²) in [6, 6.07) is 0.470. The van der Waals surface area contributed by atoms with E-state index in [2.05, 4.69) is 19.2 Å². The standard InChI is InChI=1S/C15H30N2O/c1-6-13-9-10-14(11(13)4)16-12(5)15(18)17(7-2)8-3/h11-14,16H,6-10H2,1-5H3. The molecule has 18 heavy (non-hydrogen) atoms. The normalized spacial score (nSPS) is 29.3. The first kappa shape index (κ1) is 15.5. The molecule has 0 aromatic carbocycles. The Labute approximate surface area is 112 Å². The molecule has 0 spiro atoms. The van der Waals surface area contributed by atoms with Gasteiger partial charge in [-0.1, -0.05) is 20.3 Å². The summed E-state index contributed by atoms with van der Waals surface area (Å²) in [4.78, 5) is 14.1. The second-order valence-corrected chi connectivity index (χ2v) is 5.61. The Balaban J connectivity index is 2.50. The minimum absolute atomic E-state index is 0.0482. The molecule has 1 N–H and O–H groups in total. The fraction of sp³-hybridized carbons (Fsp3) is 0.933. The van der Waals surface area contributed by atoms with Gasteiger partial charge in [-0.15, -0.1) is 0 Å². The molecule has 0 saturated heterocycles. The Morgan fingerprint density at radius 1 is 1.28 bits per heavy atom. The summed E-state index contributed by atoms with van der Waals surface area (Å²) in [7, 11) is 0. The molecular weight excluding hydrogens is 224 g/mol. The number of carbonyl (C=O) groups is 1. The molecule has 1 saturated carbocycles. The minimum Gasteiger partial charge on any atom is -0.342 e. The third-order valence-electron chi connectivity index (χ3n) is 4.66. The van der Waals surface area contributed by atoms with Gasteiger partial charge in [0.2, 0.25) is 5.91 Å². The third-order valence-corrected chi connectivity index (χ3v) is 4.66. The number of nitrogens with zero attached hydrogens (tertiary/aromatic N) is 1. The molecule has 4 atom stereocenters. The van der Waals surface area contributed by atoms with Gasteiger partial charge in [-0.05, 0) is 45.4 Å². The fourth-order valence-corrected chi connectivity index (χ4v) is 3.26. The van der Waals surface area contributed by atoms with E-state index in [1.165, 1.54) is 19.3 Å². The van der Waals surface area contributed by atoms with Crippen molar-refractivity contribution >= 4 is 5.91 Å². The van der Waals surface area contributed by atoms with E-state index in [-0.39, 0.29) is 11.9 Å². The molecule has 3 heteroatoms. The molecular formula is C15H30N2O. The monoisotopic (exact) mass is 254 g/mol. The smallest absolute Gasteiger partial charge is 0.239 e. The van der Waals surface area contributed by atoms with Gasteiger partial charge >= 0.3 is 0 Å². The van der Waals surface area contributed by atoms with Crippen molar-refractivity contribution in [3.05, 3.63) is 0 Å². The Hall–Kier alpha value is -0.570. The van der Waals surface area contributed by atoms with Gasteiger partial charge in [0.05, 0.1) is 6.04 Å². The molecule has 1 fully saturated rings. The van der Waals surface area contributed by atoms with Crippen molar-refractivity contribution in [2.24, 2.45) is 11.8 Å². The zero-order chi connectivity index (χ0) is 13.7. The van der Waals surface area contributed by atoms with Gasteiger partial charge in [-0.25, -0.2) is 0 Å². The largest absolute Gasteiger partial charge is 0.342 e. The molecule has 0 aromatic heterocycles. The van der Waals surface area contributed by atoms with Crippen LogP contribution in [-0.4, -0.2) is 36.0 Å². The van der Waals surface area contributed by atoms with Crippen LogP contribution in [0.25, 0.3) is 0 Å². The van der Waals surface area contributed by atoms with Gasteiger partial charge in [0.25, 0.3) is 0 Å². The Morgan fingerprint density at radius 2 is 1.89 bits per heavy atom. The molecule has 1 rings (SSSR count). The lowest BCUT2D eigenvalue weighted by molar-refractivity contribution is -0.132. The number of amides is 1. The van der Waals surface area contributed by atoms with Crippen LogP contribution in [0.3, 0.4) is 0 Å². The maximum absolute atomic E-state index is 12.2. The van der Waals surface area contributed by atoms with E-state index in [1.54, 1.807) is 0 Å². The zero-order valence-corrected chi connectivity index (χ0v) is 12.7. The van der Waals surface area contributed by atoms with Crippen LogP contribution in [0.2, 0.25) is 0 Å². The van der Waals surface area contributed by atoms with Crippen molar-refractivity contribution in [1.82, 2.24) is 10.2 Å². The van der Waals surface area contributed by atoms with E-state index < -0.39 is 0 Å². The summed E-state index contributed by atoms with van der Waals surface area (Å²) < 4.78 is 0. The van der Waals surface area contributed by atoms with Crippen LogP contribution in [0, 0.1) is 11.8 Å². The Morgan fingerprint density at radius 3 is 2.33 bits per heavy atom. The molecule has 0 bridgehead atoms. The van der Waals surface area contributed by atoms with Gasteiger partial charge in [0.15, 0.2) is 0 Å². The molecule has 0 aromatic rings. The molecule has 0 radical (unpaired) electrons. The van der Waals surface area contributed by atoms with Crippen LogP contribution < -0.4 is 5.32 Å². The second kappa shape index (κ2) is 7.13. The number of rotatable bonds is 6. The van der Waals surface area contributed by atoms with Crippen molar-refractivity contribution < 1.29 is 4.79 Å². The van der Waals surface area contributed by atoms with Crippen LogP contribution in [0.1, 0.15) is 53.9 Å². The number of hydrogen-bond donors (Lipinski definition) is 1. The van der Waals surface area contributed by atoms with Crippen molar-refractivity contribution in [3.63, 3.8) is 0 Å². The maximum Gasteiger partial charge on any atom is 0.239 e. The number of nitrogens with one attached hydrogen (secondary N) is 1. The first-order valence-corrected chi connectivity index (χ1v) is 7.59. The third kappa shape index (κ3) is 3.47. The van der Waals surface area contributed by atoms with Gasteiger partial charge in [0.1, 0.15) is 0 Å². The average Bonchev–Trinajstić information content (AvgIpc) is 2.71. The van der Waals surface area contributed by atoms with Gasteiger partial charge in [0, 0.05) is 19.1 Å². The van der Waals surface area contributed by atoms with E-state index in [4.69, 9.17) is 0 Å². The van der Waals surface area contributed by atoms with Crippen molar-refractivity contribution in [3.8, 4) is 0 Å². The first-order chi connectivity index (χ1) is 8.54. The highest BCUT2D eigenvalue weighted by molar-refractivity contribution is 5.81. The lowest BCUT2D eigenvalue weighted by Gasteiger charge is -2.28. The maximum atomic E-state index is 12.2. The van der Waals surface area contributed by atoms with Crippen LogP contribution in [0.4, 0.5) is 0 Å². The fourth-order valence-electron chi connectivity index (χ4n) is 3.26. The van der Waals surface area contributed by atoms with Gasteiger partial charge in [-0.3, -0.25) is 4.79 Å². The number of carbonyl (C=O) groups excluding carboxylic acids is 1. The first-order valence-electron chi connectivity index (χ1n) is 7.59. The van der Waals surface area contributed by atoms with E-state index >= 15 is 0 Å². The lowest BCUT2D eigenvalue weighted by atomic mass is 9.93. The molecule has 1 amide bonds. The Kier molecular flexibility index (Phi) is 6.13. The van der Waals surface area contributed by atoms with Gasteiger partial charge in [-0.2, -0.15) is 0 Å². The quantitative estimate of drug-likeness (QED) is 0.790. The summed E-state index contributed by atoms with van der Waals surface area (Å²) in [5.74, 6) is 1.77. The van der Waals surface area contributed by atoms with Crippen LogP contribution in [-0.2, 0) is 4.79 Å². The van der Waals surface area contributed by atoms with Gasteiger partial charge < -0.3 is 10.2 Å². The molecule has 0 aliphatic heterocycles. The highest BCUT2D eigenvalue weighted by atomic mass is 16.2. The highest BCUT2D eigenvalue weighted by Gasteiger charge is 2.33. The van der Waals surface area contributed by atoms with E-state index in [9.17, 15) is 4.79 Å². The minimum atomic E-state index is -0.0482. The SMILES string of the molecule is CCC1CCC(NC(C)C(=O)N(CC)CC)C1C. The molecule has 1 aliphatic carbocycles. The second-order valence-electron chi connectivity index (χ2n) is 5.61. The van der Waals surface area contributed by atoms with Crippen LogP contribution in [0.15, 0.2) is 0 Å². The molecule has 0 heterocycles. The molecule has 1 aliphatic rings. The number of hydrogen-bond acceptors (Lipinski definition) is 2. The molecule has 4 unspecified atom stereocenters. The lowest BCUT2D eigenvalue weighted by Crippen LogP contribution is -2.49. The Bertz CT molecular complexity index is 263. The highest BCUT2D eigenvalue weighted by Crippen LogP contribution is 2.34. The van der Waals surface area contributed by atoms with Crippen LogP contribution in [0.5, 0.6) is 0 Å². The van der Waals surface area contributed by atoms with E-state index in [0.29, 0.717) is 12.0 Å². The predicted octanol–water partition coefficient (Wildman–Crippen LogP) is 2.66. The van der Waals surface area contributed by atoms with Crippen molar-refractivity contribution in [2.75, 3.05) is 13.1 Å². The zero-order valence-electron chi connectivity index (χ0n) is 12.7. The summed E-state index contributed by atoms with van der Waals surface area (Å²) >= 11 is 0. The summed E-state index contributed by atoms with van der Waals surface area (Å²) in [5.41, 5.74) is 0. The summed E-state index contributed by atoms with van der Waals surface area (Å²) in [6.07, 6.45) is 3.79. The summed E-state index contributed by atoms with van der Waals surface area (Å²) in [6.45, 7) is 12.3. The van der Waals surface area contributed by atoms with Crippen LogP contribution >= 0.6 is 0 Å². The van der Waals surface area contributed by atoms with Crippen molar-refractivity contribution in [2.45, 2.75) is 66.0 Å². The van der Waals surface area contributed by atoms with Crippen molar-refractivity contribution in [1.29, 1.82) is 0 Å². The summed E-state index contributed by atoms with van der Waals surface area (Å²) in [5, 5.41) is 3.55. The van der Waals surface area contributed by atoms with E-state index in [0.717, 1.165) is 19.0 Å². The average molecular weight is 254 g/mol. The topological polar surface area (TPSA) is 32.3 Å². The predicted molar refractivity (Wildman–Crippen MR) is 76.5 cm³/mol. The molecule has 106 valence electrons.